The molecule has 0 spiro atoms. The van der Waals surface area contributed by atoms with Gasteiger partial charge in [0.05, 0.1) is 25.3 Å². The second-order valence-corrected chi connectivity index (χ2v) is 19.1. The maximum absolute atomic E-state index is 14.8. The zero-order valence-corrected chi connectivity index (χ0v) is 42.4. The SMILES string of the molecule is CC[C@H](C)[C@@H]1Nc2c(Cc3ccc(O)cc3)cc(NC(=O)[C@H](CCCN=C(N)N)NC(=O)[C@@H](N)CC(=O)O)cc2CN(CC(=O)N[C@@H](Cc2cnc[nH]2)C(=O)N2CCC[C@H]2C(=O)N[C@@H](Cc2ccccc2)C(=O)O)C1=O. The van der Waals surface area contributed by atoms with E-state index in [2.05, 4.69) is 41.5 Å². The lowest BCUT2D eigenvalue weighted by Crippen LogP contribution is -2.57. The van der Waals surface area contributed by atoms with E-state index in [4.69, 9.17) is 17.2 Å². The predicted octanol–water partition coefficient (Wildman–Crippen LogP) is 0.684. The standard InChI is InChI=1S/C52H67N13O11/c1-3-29(2)44-50(74)64(27-42(67)60-39(23-35-25-56-28-58-35)49(73)65-18-8-12-41(65)48(72)62-40(51(75)76)20-30-9-5-4-6-10-30)26-33-22-34(21-32(45(33)63-44)19-31-13-15-36(66)16-14-31)59-47(71)38(11-7-17-57-52(54)55)61-46(70)37(53)24-43(68)69/h4-6,9-10,13-16,21-22,25,28-29,37-41,44,63,66H,3,7-8,11-12,17-20,23-24,26-27,53H2,1-2H3,(H,56,58)(H,59,71)(H,60,67)(H,61,70)(H,62,72)(H,68,69)(H,75,76)(H4,54,55,57)/t29-,37-,38-,39-,40-,41-,44-/m0/s1. The van der Waals surface area contributed by atoms with Gasteiger partial charge in [0.25, 0.3) is 0 Å². The number of anilines is 2. The molecule has 3 heterocycles. The van der Waals surface area contributed by atoms with Gasteiger partial charge in [0.15, 0.2) is 5.96 Å². The molecular formula is C52H67N13O11. The van der Waals surface area contributed by atoms with E-state index in [1.165, 1.54) is 34.5 Å². The first kappa shape index (κ1) is 56.8. The third-order valence-corrected chi connectivity index (χ3v) is 13.3. The number of H-pyrrole nitrogens is 1. The van der Waals surface area contributed by atoms with Gasteiger partial charge in [-0.15, -0.1) is 0 Å². The van der Waals surface area contributed by atoms with E-state index in [9.17, 15) is 53.7 Å². The Morgan fingerprint density at radius 2 is 1.64 bits per heavy atom. The van der Waals surface area contributed by atoms with Gasteiger partial charge < -0.3 is 73.9 Å². The number of hydrogen-bond donors (Lipinski definition) is 12. The van der Waals surface area contributed by atoms with Gasteiger partial charge in [-0.2, -0.15) is 0 Å². The molecule has 0 bridgehead atoms. The average Bonchev–Trinajstić information content (AvgIpc) is 4.08. The minimum absolute atomic E-state index is 0.0138. The number of nitrogens with one attached hydrogen (secondary N) is 6. The molecule has 406 valence electrons. The second-order valence-electron chi connectivity index (χ2n) is 19.1. The van der Waals surface area contributed by atoms with E-state index in [0.717, 1.165) is 5.56 Å². The summed E-state index contributed by atoms with van der Waals surface area (Å²) in [4.78, 5) is 122. The number of carbonyl (C=O) groups is 8. The van der Waals surface area contributed by atoms with E-state index in [0.29, 0.717) is 40.9 Å². The molecular weight excluding hydrogens is 983 g/mol. The molecule has 0 aliphatic carbocycles. The normalized spacial score (nSPS) is 17.1. The number of carboxylic acid groups (broad SMARTS) is 2. The number of carboxylic acids is 2. The fraction of sp³-hybridized carbons (Fsp3) is 0.423. The quantitative estimate of drug-likeness (QED) is 0.0247. The van der Waals surface area contributed by atoms with E-state index >= 15 is 0 Å². The molecule has 1 saturated heterocycles. The molecule has 76 heavy (non-hydrogen) atoms. The lowest BCUT2D eigenvalue weighted by atomic mass is 9.95. The molecule has 0 saturated carbocycles. The zero-order valence-electron chi connectivity index (χ0n) is 42.4. The molecule has 1 aromatic heterocycles. The number of aromatic hydroxyl groups is 1. The number of fused-ring (bicyclic) bond motifs is 1. The van der Waals surface area contributed by atoms with Crippen LogP contribution < -0.4 is 43.8 Å². The topological polar surface area (TPSA) is 383 Å². The Labute approximate surface area is 438 Å². The number of aromatic amines is 1. The first-order valence-electron chi connectivity index (χ1n) is 25.1. The molecule has 24 heteroatoms. The molecule has 15 N–H and O–H groups in total. The maximum Gasteiger partial charge on any atom is 0.326 e. The van der Waals surface area contributed by atoms with Crippen LogP contribution in [0.4, 0.5) is 11.4 Å². The molecule has 1 fully saturated rings. The number of hydrogen-bond acceptors (Lipinski definition) is 13. The summed E-state index contributed by atoms with van der Waals surface area (Å²) in [6, 6.07) is 11.5. The zero-order chi connectivity index (χ0) is 55.1. The number of nitrogens with two attached hydrogens (primary N) is 3. The van der Waals surface area contributed by atoms with Gasteiger partial charge >= 0.3 is 11.9 Å². The van der Waals surface area contributed by atoms with Crippen molar-refractivity contribution in [2.45, 2.75) is 114 Å². The van der Waals surface area contributed by atoms with Crippen molar-refractivity contribution in [2.75, 3.05) is 30.3 Å². The number of likely N-dealkylation sites (tertiary alicyclic amines) is 1. The van der Waals surface area contributed by atoms with Crippen molar-refractivity contribution in [2.24, 2.45) is 28.1 Å². The van der Waals surface area contributed by atoms with Crippen molar-refractivity contribution in [1.82, 2.24) is 35.7 Å². The monoisotopic (exact) mass is 1050 g/mol. The summed E-state index contributed by atoms with van der Waals surface area (Å²) in [7, 11) is 0. The molecule has 3 aromatic carbocycles. The summed E-state index contributed by atoms with van der Waals surface area (Å²) in [5, 5.41) is 43.7. The minimum atomic E-state index is -1.47. The van der Waals surface area contributed by atoms with E-state index in [1.54, 1.807) is 54.6 Å². The number of guanidine groups is 1. The first-order chi connectivity index (χ1) is 36.3. The van der Waals surface area contributed by atoms with Crippen molar-refractivity contribution in [3.63, 3.8) is 0 Å². The van der Waals surface area contributed by atoms with Crippen LogP contribution in [-0.4, -0.2) is 144 Å². The average molecular weight is 1050 g/mol. The van der Waals surface area contributed by atoms with Gasteiger partial charge in [-0.05, 0) is 84.5 Å². The Kier molecular flexibility index (Phi) is 19.9. The van der Waals surface area contributed by atoms with Crippen LogP contribution in [0, 0.1) is 5.92 Å². The Morgan fingerprint density at radius 1 is 0.908 bits per heavy atom. The number of nitrogens with zero attached hydrogens (tertiary/aromatic N) is 4. The lowest BCUT2D eigenvalue weighted by molar-refractivity contribution is -0.145. The van der Waals surface area contributed by atoms with Crippen LogP contribution >= 0.6 is 0 Å². The molecule has 6 rings (SSSR count). The van der Waals surface area contributed by atoms with Crippen LogP contribution in [0.5, 0.6) is 5.75 Å². The highest BCUT2D eigenvalue weighted by Gasteiger charge is 2.40. The molecule has 2 aliphatic rings. The van der Waals surface area contributed by atoms with Crippen LogP contribution in [0.25, 0.3) is 0 Å². The summed E-state index contributed by atoms with van der Waals surface area (Å²) < 4.78 is 0. The van der Waals surface area contributed by atoms with Crippen molar-refractivity contribution in [3.8, 4) is 5.75 Å². The summed E-state index contributed by atoms with van der Waals surface area (Å²) in [5.74, 6) is -6.94. The highest BCUT2D eigenvalue weighted by atomic mass is 16.4. The molecule has 7 atom stereocenters. The molecule has 4 aromatic rings. The lowest BCUT2D eigenvalue weighted by Gasteiger charge is -2.30. The van der Waals surface area contributed by atoms with Gasteiger partial charge in [0, 0.05) is 55.7 Å². The van der Waals surface area contributed by atoms with Gasteiger partial charge in [-0.3, -0.25) is 38.6 Å². The minimum Gasteiger partial charge on any atom is -0.508 e. The van der Waals surface area contributed by atoms with E-state index < -0.39 is 96.6 Å². The number of rotatable bonds is 25. The van der Waals surface area contributed by atoms with Crippen molar-refractivity contribution in [3.05, 3.63) is 107 Å². The third-order valence-electron chi connectivity index (χ3n) is 13.3. The number of aliphatic carboxylic acids is 2. The fourth-order valence-corrected chi connectivity index (χ4v) is 9.19. The van der Waals surface area contributed by atoms with Crippen LogP contribution in [0.3, 0.4) is 0 Å². The van der Waals surface area contributed by atoms with Gasteiger partial charge in [-0.1, -0.05) is 62.7 Å². The smallest absolute Gasteiger partial charge is 0.326 e. The molecule has 24 nitrogen and oxygen atoms in total. The molecule has 0 radical (unpaired) electrons. The van der Waals surface area contributed by atoms with Crippen LogP contribution in [0.15, 0.2) is 84.2 Å². The summed E-state index contributed by atoms with van der Waals surface area (Å²) in [6.07, 6.45) is 3.87. The Hall–Kier alpha value is -8.54. The Balaban J connectivity index is 1.29. The van der Waals surface area contributed by atoms with Crippen LogP contribution in [0.1, 0.15) is 80.3 Å². The number of carbonyl (C=O) groups excluding carboxylic acids is 6. The fourth-order valence-electron chi connectivity index (χ4n) is 9.19. The number of benzene rings is 3. The predicted molar refractivity (Wildman–Crippen MR) is 279 cm³/mol. The molecule has 6 amide bonds. The molecule has 0 unspecified atom stereocenters. The van der Waals surface area contributed by atoms with Crippen LogP contribution in [-0.2, 0) is 64.2 Å². The first-order valence-corrected chi connectivity index (χ1v) is 25.1. The number of phenols is 1. The van der Waals surface area contributed by atoms with Crippen LogP contribution in [0.2, 0.25) is 0 Å². The number of aliphatic imine (C=N–C) groups is 1. The highest BCUT2D eigenvalue weighted by Crippen LogP contribution is 2.35. The number of aromatic nitrogens is 2. The van der Waals surface area contributed by atoms with E-state index in [1.807, 2.05) is 13.8 Å². The number of phenolic OH excluding ortho intramolecular Hbond substituents is 1. The Bertz CT molecular complexity index is 2740. The number of amides is 6. The highest BCUT2D eigenvalue weighted by molar-refractivity contribution is 5.99. The van der Waals surface area contributed by atoms with Gasteiger partial charge in [0.1, 0.15) is 36.0 Å². The second kappa shape index (κ2) is 26.6. The van der Waals surface area contributed by atoms with E-state index in [-0.39, 0.29) is 81.5 Å². The van der Waals surface area contributed by atoms with Gasteiger partial charge in [-0.25, -0.2) is 9.78 Å². The molecule has 2 aliphatic heterocycles. The number of imidazole rings is 1. The summed E-state index contributed by atoms with van der Waals surface area (Å²) in [5.41, 5.74) is 20.7. The Morgan fingerprint density at radius 3 is 2.30 bits per heavy atom. The maximum atomic E-state index is 14.8. The largest absolute Gasteiger partial charge is 0.508 e. The summed E-state index contributed by atoms with van der Waals surface area (Å²) in [6.45, 7) is 3.37. The van der Waals surface area contributed by atoms with Crippen molar-refractivity contribution >= 4 is 64.7 Å². The van der Waals surface area contributed by atoms with Crippen molar-refractivity contribution in [1.29, 1.82) is 0 Å². The van der Waals surface area contributed by atoms with Gasteiger partial charge in [0.2, 0.25) is 35.4 Å². The summed E-state index contributed by atoms with van der Waals surface area (Å²) >= 11 is 0. The third kappa shape index (κ3) is 15.7. The van der Waals surface area contributed by atoms with Crippen molar-refractivity contribution < 1.29 is 53.7 Å².